The van der Waals surface area contributed by atoms with Gasteiger partial charge in [0.1, 0.15) is 0 Å². The molecule has 2 bridgehead atoms. The maximum Gasteiger partial charge on any atom is 0.310 e. The van der Waals surface area contributed by atoms with Crippen LogP contribution in [0, 0.1) is 5.92 Å². The molecule has 2 saturated heterocycles. The van der Waals surface area contributed by atoms with Crippen LogP contribution in [0.4, 0.5) is 5.69 Å². The molecule has 2 unspecified atom stereocenters. The Balaban J connectivity index is 1.64. The first-order valence-electron chi connectivity index (χ1n) is 9.34. The SMILES string of the molecule is COC(=O)C1C(c2ccc(-c3cccc(N)c3)cc2)C[C@H]2CC[C@@H]1N2C. The highest BCUT2D eigenvalue weighted by Gasteiger charge is 2.49. The minimum atomic E-state index is -0.0815. The van der Waals surface area contributed by atoms with Crippen LogP contribution in [0.5, 0.6) is 0 Å². The number of carbonyl (C=O) groups excluding carboxylic acids is 1. The van der Waals surface area contributed by atoms with Gasteiger partial charge >= 0.3 is 5.97 Å². The molecule has 136 valence electrons. The van der Waals surface area contributed by atoms with Crippen molar-refractivity contribution in [1.82, 2.24) is 4.90 Å². The summed E-state index contributed by atoms with van der Waals surface area (Å²) in [5.74, 6) is 0.0696. The number of esters is 1. The summed E-state index contributed by atoms with van der Waals surface area (Å²) in [6, 6.07) is 17.4. The van der Waals surface area contributed by atoms with Gasteiger partial charge in [-0.2, -0.15) is 0 Å². The highest BCUT2D eigenvalue weighted by atomic mass is 16.5. The zero-order valence-electron chi connectivity index (χ0n) is 15.4. The number of anilines is 1. The van der Waals surface area contributed by atoms with E-state index < -0.39 is 0 Å². The van der Waals surface area contributed by atoms with Crippen molar-refractivity contribution in [2.75, 3.05) is 19.9 Å². The van der Waals surface area contributed by atoms with Gasteiger partial charge in [-0.15, -0.1) is 0 Å². The van der Waals surface area contributed by atoms with Gasteiger partial charge in [0.25, 0.3) is 0 Å². The van der Waals surface area contributed by atoms with Crippen molar-refractivity contribution < 1.29 is 9.53 Å². The first kappa shape index (κ1) is 17.1. The van der Waals surface area contributed by atoms with Gasteiger partial charge in [0.2, 0.25) is 0 Å². The standard InChI is InChI=1S/C22H26N2O2/c1-24-18-10-11-20(24)21(22(25)26-2)19(13-18)15-8-6-14(7-9-15)16-4-3-5-17(23)12-16/h3-9,12,18-21H,10-11,13,23H2,1-2H3/t18-,19?,20+,21?/m1/s1. The second kappa shape index (κ2) is 6.76. The summed E-state index contributed by atoms with van der Waals surface area (Å²) in [6.07, 6.45) is 3.27. The van der Waals surface area contributed by atoms with Crippen molar-refractivity contribution in [3.8, 4) is 11.1 Å². The largest absolute Gasteiger partial charge is 0.469 e. The number of nitrogen functional groups attached to an aromatic ring is 1. The monoisotopic (exact) mass is 350 g/mol. The van der Waals surface area contributed by atoms with Crippen LogP contribution in [0.1, 0.15) is 30.7 Å². The van der Waals surface area contributed by atoms with E-state index in [0.29, 0.717) is 12.1 Å². The molecular weight excluding hydrogens is 324 g/mol. The predicted octanol–water partition coefficient (Wildman–Crippen LogP) is 3.68. The Bertz CT molecular complexity index is 802. The van der Waals surface area contributed by atoms with Gasteiger partial charge in [-0.05, 0) is 55.1 Å². The molecule has 0 aromatic heterocycles. The van der Waals surface area contributed by atoms with Crippen molar-refractivity contribution in [1.29, 1.82) is 0 Å². The van der Waals surface area contributed by atoms with Crippen LogP contribution in [0.25, 0.3) is 11.1 Å². The zero-order valence-corrected chi connectivity index (χ0v) is 15.4. The van der Waals surface area contributed by atoms with Crippen LogP contribution in [0.3, 0.4) is 0 Å². The van der Waals surface area contributed by atoms with E-state index in [4.69, 9.17) is 10.5 Å². The summed E-state index contributed by atoms with van der Waals surface area (Å²) in [5, 5.41) is 0. The van der Waals surface area contributed by atoms with Crippen LogP contribution < -0.4 is 5.73 Å². The van der Waals surface area contributed by atoms with Crippen molar-refractivity contribution in [2.45, 2.75) is 37.3 Å². The second-order valence-electron chi connectivity index (χ2n) is 7.60. The van der Waals surface area contributed by atoms with Gasteiger partial charge in [-0.25, -0.2) is 0 Å². The lowest BCUT2D eigenvalue weighted by Gasteiger charge is -2.41. The molecule has 0 amide bonds. The lowest BCUT2D eigenvalue weighted by atomic mass is 9.76. The molecule has 4 atom stereocenters. The normalized spacial score (nSPS) is 28.1. The average Bonchev–Trinajstić information content (AvgIpc) is 2.90. The molecular formula is C22H26N2O2. The quantitative estimate of drug-likeness (QED) is 0.678. The third-order valence-electron chi connectivity index (χ3n) is 6.30. The van der Waals surface area contributed by atoms with Gasteiger partial charge in [0, 0.05) is 23.7 Å². The van der Waals surface area contributed by atoms with Crippen LogP contribution in [0.2, 0.25) is 0 Å². The molecule has 2 heterocycles. The Labute approximate surface area is 155 Å². The number of nitrogens with zero attached hydrogens (tertiary/aromatic N) is 1. The summed E-state index contributed by atoms with van der Waals surface area (Å²) in [5.41, 5.74) is 10.2. The van der Waals surface area contributed by atoms with Crippen LogP contribution >= 0.6 is 0 Å². The van der Waals surface area contributed by atoms with Crippen molar-refractivity contribution >= 4 is 11.7 Å². The van der Waals surface area contributed by atoms with E-state index in [0.717, 1.165) is 29.7 Å². The molecule has 26 heavy (non-hydrogen) atoms. The number of hydrogen-bond donors (Lipinski definition) is 1. The van der Waals surface area contributed by atoms with Gasteiger partial charge < -0.3 is 10.5 Å². The molecule has 0 saturated carbocycles. The molecule has 4 nitrogen and oxygen atoms in total. The zero-order chi connectivity index (χ0) is 18.3. The number of ether oxygens (including phenoxy) is 1. The summed E-state index contributed by atoms with van der Waals surface area (Å²) in [7, 11) is 3.65. The van der Waals surface area contributed by atoms with Gasteiger partial charge in [-0.1, -0.05) is 36.4 Å². The molecule has 0 spiro atoms. The number of piperidine rings is 1. The lowest BCUT2D eigenvalue weighted by Crippen LogP contribution is -2.49. The molecule has 4 heteroatoms. The van der Waals surface area contributed by atoms with Crippen LogP contribution in [-0.4, -0.2) is 37.1 Å². The van der Waals surface area contributed by atoms with Gasteiger partial charge in [-0.3, -0.25) is 9.69 Å². The average molecular weight is 350 g/mol. The number of fused-ring (bicyclic) bond motifs is 2. The number of benzene rings is 2. The summed E-state index contributed by atoms with van der Waals surface area (Å²) in [4.78, 5) is 14.9. The minimum absolute atomic E-state index is 0.0768. The Morgan fingerprint density at radius 2 is 1.88 bits per heavy atom. The predicted molar refractivity (Wildman–Crippen MR) is 104 cm³/mol. The number of carbonyl (C=O) groups is 1. The van der Waals surface area contributed by atoms with E-state index in [1.54, 1.807) is 0 Å². The molecule has 0 radical (unpaired) electrons. The molecule has 2 N–H and O–H groups in total. The maximum absolute atomic E-state index is 12.5. The van der Waals surface area contributed by atoms with E-state index in [9.17, 15) is 4.79 Å². The molecule has 4 rings (SSSR count). The summed E-state index contributed by atoms with van der Waals surface area (Å²) < 4.78 is 5.17. The summed E-state index contributed by atoms with van der Waals surface area (Å²) in [6.45, 7) is 0. The first-order valence-corrected chi connectivity index (χ1v) is 9.34. The first-order chi connectivity index (χ1) is 12.6. The number of nitrogens with two attached hydrogens (primary N) is 1. The highest BCUT2D eigenvalue weighted by molar-refractivity contribution is 5.75. The van der Waals surface area contributed by atoms with Crippen LogP contribution in [-0.2, 0) is 9.53 Å². The third kappa shape index (κ3) is 2.88. The second-order valence-corrected chi connectivity index (χ2v) is 7.60. The fraction of sp³-hybridized carbons (Fsp3) is 0.409. The number of methoxy groups -OCH3 is 1. The minimum Gasteiger partial charge on any atom is -0.469 e. The molecule has 2 aromatic rings. The fourth-order valence-electron chi connectivity index (χ4n) is 4.91. The maximum atomic E-state index is 12.5. The molecule has 2 aliphatic heterocycles. The van der Waals surface area contributed by atoms with Crippen molar-refractivity contribution in [3.63, 3.8) is 0 Å². The number of rotatable bonds is 3. The number of hydrogen-bond acceptors (Lipinski definition) is 4. The highest BCUT2D eigenvalue weighted by Crippen LogP contribution is 2.46. The fourth-order valence-corrected chi connectivity index (χ4v) is 4.91. The molecule has 0 aliphatic carbocycles. The molecule has 2 aromatic carbocycles. The Kier molecular flexibility index (Phi) is 4.45. The van der Waals surface area contributed by atoms with E-state index in [1.165, 1.54) is 19.1 Å². The van der Waals surface area contributed by atoms with E-state index >= 15 is 0 Å². The smallest absolute Gasteiger partial charge is 0.310 e. The van der Waals surface area contributed by atoms with E-state index in [1.807, 2.05) is 18.2 Å². The third-order valence-corrected chi connectivity index (χ3v) is 6.30. The van der Waals surface area contributed by atoms with Crippen molar-refractivity contribution in [3.05, 3.63) is 54.1 Å². The Morgan fingerprint density at radius 3 is 2.58 bits per heavy atom. The van der Waals surface area contributed by atoms with Gasteiger partial charge in [0.05, 0.1) is 13.0 Å². The Morgan fingerprint density at radius 1 is 1.12 bits per heavy atom. The lowest BCUT2D eigenvalue weighted by molar-refractivity contribution is -0.150. The van der Waals surface area contributed by atoms with E-state index in [-0.39, 0.29) is 17.8 Å². The Hall–Kier alpha value is -2.33. The van der Waals surface area contributed by atoms with Crippen LogP contribution in [0.15, 0.2) is 48.5 Å². The van der Waals surface area contributed by atoms with Crippen molar-refractivity contribution in [2.24, 2.45) is 5.92 Å². The summed E-state index contributed by atoms with van der Waals surface area (Å²) >= 11 is 0. The van der Waals surface area contributed by atoms with Gasteiger partial charge in [0.15, 0.2) is 0 Å². The van der Waals surface area contributed by atoms with E-state index in [2.05, 4.69) is 42.3 Å². The topological polar surface area (TPSA) is 55.6 Å². The molecule has 2 aliphatic rings. The molecule has 2 fully saturated rings.